The molecule has 0 aliphatic heterocycles. The topological polar surface area (TPSA) is 123 Å². The molecule has 1 rings (SSSR count). The van der Waals surface area contributed by atoms with Crippen LogP contribution in [0.15, 0.2) is 30.3 Å². The van der Waals surface area contributed by atoms with E-state index in [2.05, 4.69) is 16.1 Å². The maximum atomic E-state index is 12.0. The van der Waals surface area contributed by atoms with Crippen LogP contribution in [0.1, 0.15) is 31.4 Å². The predicted molar refractivity (Wildman–Crippen MR) is 93.2 cm³/mol. The van der Waals surface area contributed by atoms with E-state index in [4.69, 9.17) is 10.6 Å². The van der Waals surface area contributed by atoms with Gasteiger partial charge in [0.1, 0.15) is 12.6 Å². The number of Topliss-reactive ketones (excluding diaryl/α,β-unsaturated/α-hetero) is 1. The standard InChI is InChI=1S/C17H26N4O4/c1-3-7-13(18)14(22)11-25-20-10-15(23)21-16(17(24)19-2)12-8-5-4-6-9-12/h4-6,8-9,13,16,20H,3,7,10-11,18H2,1-2H3,(H,19,24)(H,21,23). The molecule has 0 radical (unpaired) electrons. The highest BCUT2D eigenvalue weighted by atomic mass is 16.6. The fourth-order valence-corrected chi connectivity index (χ4v) is 2.12. The number of hydroxylamine groups is 1. The Balaban J connectivity index is 2.43. The lowest BCUT2D eigenvalue weighted by Crippen LogP contribution is -2.43. The largest absolute Gasteiger partial charge is 0.357 e. The summed E-state index contributed by atoms with van der Waals surface area (Å²) >= 11 is 0. The van der Waals surface area contributed by atoms with Crippen molar-refractivity contribution < 1.29 is 19.2 Å². The third-order valence-corrected chi connectivity index (χ3v) is 3.51. The van der Waals surface area contributed by atoms with Crippen LogP contribution in [-0.4, -0.2) is 43.8 Å². The van der Waals surface area contributed by atoms with Crippen LogP contribution >= 0.6 is 0 Å². The van der Waals surface area contributed by atoms with E-state index in [1.807, 2.05) is 13.0 Å². The molecule has 0 aliphatic carbocycles. The average Bonchev–Trinajstić information content (AvgIpc) is 2.63. The van der Waals surface area contributed by atoms with Gasteiger partial charge in [0, 0.05) is 7.05 Å². The van der Waals surface area contributed by atoms with Crippen LogP contribution in [0.25, 0.3) is 0 Å². The molecule has 0 aromatic heterocycles. The molecule has 0 saturated heterocycles. The van der Waals surface area contributed by atoms with Crippen molar-refractivity contribution in [1.29, 1.82) is 0 Å². The number of rotatable bonds is 11. The third kappa shape index (κ3) is 7.42. The van der Waals surface area contributed by atoms with Crippen LogP contribution in [-0.2, 0) is 19.2 Å². The van der Waals surface area contributed by atoms with E-state index in [0.29, 0.717) is 12.0 Å². The van der Waals surface area contributed by atoms with E-state index in [-0.39, 0.29) is 24.8 Å². The SMILES string of the molecule is CCCC(N)C(=O)CONCC(=O)NC(C(=O)NC)c1ccccc1. The Morgan fingerprint density at radius 1 is 1.20 bits per heavy atom. The van der Waals surface area contributed by atoms with Gasteiger partial charge in [0.2, 0.25) is 11.8 Å². The molecule has 8 nitrogen and oxygen atoms in total. The van der Waals surface area contributed by atoms with Gasteiger partial charge in [-0.15, -0.1) is 0 Å². The van der Waals surface area contributed by atoms with Crippen molar-refractivity contribution in [2.24, 2.45) is 5.73 Å². The Morgan fingerprint density at radius 2 is 1.88 bits per heavy atom. The van der Waals surface area contributed by atoms with E-state index in [0.717, 1.165) is 6.42 Å². The van der Waals surface area contributed by atoms with E-state index in [1.165, 1.54) is 7.05 Å². The van der Waals surface area contributed by atoms with E-state index < -0.39 is 18.0 Å². The van der Waals surface area contributed by atoms with E-state index >= 15 is 0 Å². The van der Waals surface area contributed by atoms with Gasteiger partial charge in [-0.1, -0.05) is 43.7 Å². The number of hydrogen-bond acceptors (Lipinski definition) is 6. The number of likely N-dealkylation sites (N-methyl/N-ethyl adjacent to an activating group) is 1. The molecule has 0 aliphatic rings. The highest BCUT2D eigenvalue weighted by molar-refractivity contribution is 5.89. The summed E-state index contributed by atoms with van der Waals surface area (Å²) in [6, 6.07) is 7.52. The quantitative estimate of drug-likeness (QED) is 0.324. The summed E-state index contributed by atoms with van der Waals surface area (Å²) in [6.45, 7) is 1.52. The molecule has 5 N–H and O–H groups in total. The van der Waals surface area contributed by atoms with Crippen LogP contribution < -0.4 is 21.8 Å². The zero-order valence-electron chi connectivity index (χ0n) is 14.6. The van der Waals surface area contributed by atoms with Gasteiger partial charge in [-0.3, -0.25) is 19.2 Å². The number of ketones is 1. The number of carbonyl (C=O) groups excluding carboxylic acids is 3. The van der Waals surface area contributed by atoms with Gasteiger partial charge < -0.3 is 16.4 Å². The smallest absolute Gasteiger partial charge is 0.246 e. The minimum atomic E-state index is -0.805. The van der Waals surface area contributed by atoms with E-state index in [9.17, 15) is 14.4 Å². The van der Waals surface area contributed by atoms with Crippen molar-refractivity contribution in [1.82, 2.24) is 16.1 Å². The van der Waals surface area contributed by atoms with Crippen LogP contribution in [0, 0.1) is 0 Å². The van der Waals surface area contributed by atoms with Gasteiger partial charge in [-0.25, -0.2) is 0 Å². The van der Waals surface area contributed by atoms with Crippen LogP contribution in [0.5, 0.6) is 0 Å². The molecule has 2 amide bonds. The fraction of sp³-hybridized carbons (Fsp3) is 0.471. The van der Waals surface area contributed by atoms with Crippen molar-refractivity contribution in [3.05, 3.63) is 35.9 Å². The molecule has 2 unspecified atom stereocenters. The molecule has 0 bridgehead atoms. The first-order chi connectivity index (χ1) is 12.0. The second kappa shape index (κ2) is 11.3. The second-order valence-corrected chi connectivity index (χ2v) is 5.50. The highest BCUT2D eigenvalue weighted by Gasteiger charge is 2.21. The highest BCUT2D eigenvalue weighted by Crippen LogP contribution is 2.12. The minimum Gasteiger partial charge on any atom is -0.357 e. The van der Waals surface area contributed by atoms with Crippen molar-refractivity contribution in [3.8, 4) is 0 Å². The molecule has 0 saturated carbocycles. The summed E-state index contributed by atoms with van der Waals surface area (Å²) in [4.78, 5) is 40.5. The molecular formula is C17H26N4O4. The first-order valence-corrected chi connectivity index (χ1v) is 8.18. The number of benzene rings is 1. The van der Waals surface area contributed by atoms with Crippen molar-refractivity contribution >= 4 is 17.6 Å². The molecule has 138 valence electrons. The van der Waals surface area contributed by atoms with Crippen molar-refractivity contribution in [2.75, 3.05) is 20.2 Å². The van der Waals surface area contributed by atoms with Gasteiger partial charge in [-0.05, 0) is 12.0 Å². The summed E-state index contributed by atoms with van der Waals surface area (Å²) in [6.07, 6.45) is 1.40. The average molecular weight is 350 g/mol. The normalized spacial score (nSPS) is 12.9. The van der Waals surface area contributed by atoms with Gasteiger partial charge in [0.05, 0.1) is 12.6 Å². The lowest BCUT2D eigenvalue weighted by molar-refractivity contribution is -0.132. The molecule has 8 heteroatoms. The summed E-state index contributed by atoms with van der Waals surface area (Å²) < 4.78 is 0. The minimum absolute atomic E-state index is 0.198. The number of nitrogens with two attached hydrogens (primary N) is 1. The van der Waals surface area contributed by atoms with E-state index in [1.54, 1.807) is 24.3 Å². The van der Waals surface area contributed by atoms with Gasteiger partial charge in [0.25, 0.3) is 0 Å². The zero-order valence-corrected chi connectivity index (χ0v) is 14.6. The van der Waals surface area contributed by atoms with Crippen molar-refractivity contribution in [2.45, 2.75) is 31.8 Å². The molecule has 0 fully saturated rings. The Labute approximate surface area is 147 Å². The van der Waals surface area contributed by atoms with Crippen LogP contribution in [0.2, 0.25) is 0 Å². The monoisotopic (exact) mass is 350 g/mol. The Morgan fingerprint density at radius 3 is 2.48 bits per heavy atom. The third-order valence-electron chi connectivity index (χ3n) is 3.51. The number of hydrogen-bond donors (Lipinski definition) is 4. The Bertz CT molecular complexity index is 565. The molecule has 0 heterocycles. The lowest BCUT2D eigenvalue weighted by Gasteiger charge is -2.18. The van der Waals surface area contributed by atoms with Gasteiger partial charge in [0.15, 0.2) is 5.78 Å². The maximum absolute atomic E-state index is 12.0. The first-order valence-electron chi connectivity index (χ1n) is 8.18. The van der Waals surface area contributed by atoms with Crippen LogP contribution in [0.3, 0.4) is 0 Å². The molecule has 0 spiro atoms. The molecule has 1 aromatic carbocycles. The molecule has 2 atom stereocenters. The first kappa shape index (κ1) is 20.8. The summed E-state index contributed by atoms with van der Waals surface area (Å²) in [5.41, 5.74) is 8.74. The summed E-state index contributed by atoms with van der Waals surface area (Å²) in [5, 5.41) is 5.12. The fourth-order valence-electron chi connectivity index (χ4n) is 2.12. The molecule has 25 heavy (non-hydrogen) atoms. The Kier molecular flexibility index (Phi) is 9.38. The molecular weight excluding hydrogens is 324 g/mol. The predicted octanol–water partition coefficient (Wildman–Crippen LogP) is -0.192. The maximum Gasteiger partial charge on any atom is 0.246 e. The van der Waals surface area contributed by atoms with Gasteiger partial charge in [-0.2, -0.15) is 5.48 Å². The van der Waals surface area contributed by atoms with Gasteiger partial charge >= 0.3 is 0 Å². The lowest BCUT2D eigenvalue weighted by atomic mass is 10.1. The number of carbonyl (C=O) groups is 3. The molecule has 1 aromatic rings. The number of nitrogens with one attached hydrogen (secondary N) is 3. The summed E-state index contributed by atoms with van der Waals surface area (Å²) in [7, 11) is 1.50. The Hall–Kier alpha value is -2.29. The van der Waals surface area contributed by atoms with Crippen LogP contribution in [0.4, 0.5) is 0 Å². The summed E-state index contributed by atoms with van der Waals surface area (Å²) in [5.74, 6) is -1.01. The number of amides is 2. The second-order valence-electron chi connectivity index (χ2n) is 5.50. The van der Waals surface area contributed by atoms with Crippen molar-refractivity contribution in [3.63, 3.8) is 0 Å². The zero-order chi connectivity index (χ0) is 18.7.